The van der Waals surface area contributed by atoms with E-state index in [0.29, 0.717) is 17.8 Å². The zero-order valence-electron chi connectivity index (χ0n) is 11.3. The highest BCUT2D eigenvalue weighted by atomic mass is 16.3. The molecule has 2 fully saturated rings. The lowest BCUT2D eigenvalue weighted by Gasteiger charge is -2.40. The van der Waals surface area contributed by atoms with Crippen LogP contribution in [0, 0.1) is 35.5 Å². The predicted molar refractivity (Wildman–Crippen MR) is 72.9 cm³/mol. The van der Waals surface area contributed by atoms with E-state index in [0.717, 1.165) is 24.2 Å². The van der Waals surface area contributed by atoms with Crippen molar-refractivity contribution in [1.82, 2.24) is 0 Å². The molecule has 1 heteroatoms. The number of hydrogen-bond acceptors (Lipinski definition) is 1. The molecule has 0 aliphatic heterocycles. The highest BCUT2D eigenvalue weighted by Crippen LogP contribution is 2.57. The van der Waals surface area contributed by atoms with Crippen LogP contribution in [-0.4, -0.2) is 11.2 Å². The summed E-state index contributed by atoms with van der Waals surface area (Å²) < 4.78 is 0. The molecule has 2 saturated carbocycles. The van der Waals surface area contributed by atoms with Crippen LogP contribution in [0.15, 0.2) is 23.8 Å². The van der Waals surface area contributed by atoms with E-state index in [4.69, 9.17) is 0 Å². The average Bonchev–Trinajstić information content (AvgIpc) is 3.06. The number of rotatable bonds is 0. The molecule has 0 aromatic rings. The molecule has 0 radical (unpaired) electrons. The van der Waals surface area contributed by atoms with Gasteiger partial charge in [0.1, 0.15) is 0 Å². The summed E-state index contributed by atoms with van der Waals surface area (Å²) in [5, 5.41) is 10.9. The van der Waals surface area contributed by atoms with E-state index in [1.165, 1.54) is 31.3 Å². The summed E-state index contributed by atoms with van der Waals surface area (Å²) in [5.41, 5.74) is 1.51. The molecular formula is C17H24O. The van der Waals surface area contributed by atoms with Crippen LogP contribution in [0.2, 0.25) is 0 Å². The Balaban J connectivity index is 1.71. The molecule has 98 valence electrons. The van der Waals surface area contributed by atoms with Crippen molar-refractivity contribution >= 4 is 0 Å². The molecule has 0 unspecified atom stereocenters. The molecule has 2 bridgehead atoms. The zero-order chi connectivity index (χ0) is 12.3. The van der Waals surface area contributed by atoms with E-state index >= 15 is 0 Å². The quantitative estimate of drug-likeness (QED) is 0.646. The molecule has 4 aliphatic carbocycles. The Morgan fingerprint density at radius 1 is 1.11 bits per heavy atom. The minimum Gasteiger partial charge on any atom is -0.392 e. The third-order valence-corrected chi connectivity index (χ3v) is 6.44. The van der Waals surface area contributed by atoms with Gasteiger partial charge in [0.2, 0.25) is 0 Å². The van der Waals surface area contributed by atoms with Crippen molar-refractivity contribution in [3.63, 3.8) is 0 Å². The van der Waals surface area contributed by atoms with E-state index in [1.807, 2.05) is 0 Å². The predicted octanol–water partition coefficient (Wildman–Crippen LogP) is 3.55. The number of allylic oxidation sites excluding steroid dienone is 4. The second-order valence-corrected chi connectivity index (χ2v) is 7.10. The minimum atomic E-state index is -0.0473. The van der Waals surface area contributed by atoms with Gasteiger partial charge in [0.05, 0.1) is 6.10 Å². The molecule has 0 spiro atoms. The van der Waals surface area contributed by atoms with Crippen molar-refractivity contribution in [3.05, 3.63) is 23.8 Å². The summed E-state index contributed by atoms with van der Waals surface area (Å²) in [7, 11) is 0. The van der Waals surface area contributed by atoms with Gasteiger partial charge in [0, 0.05) is 5.92 Å². The van der Waals surface area contributed by atoms with Crippen LogP contribution in [0.25, 0.3) is 0 Å². The fraction of sp³-hybridized carbons (Fsp3) is 0.765. The maximum Gasteiger partial charge on any atom is 0.0613 e. The SMILES string of the molecule is CC1=CC[C@@H]2[C@H]3CC[C@@H](C3)[C@@H]2[C@H](O)[C@@H]2CC=C[C@H]12. The van der Waals surface area contributed by atoms with Gasteiger partial charge < -0.3 is 5.11 Å². The number of aliphatic hydroxyl groups is 1. The van der Waals surface area contributed by atoms with Gasteiger partial charge in [-0.3, -0.25) is 0 Å². The van der Waals surface area contributed by atoms with Crippen molar-refractivity contribution < 1.29 is 5.11 Å². The summed E-state index contributed by atoms with van der Waals surface area (Å²) in [4.78, 5) is 0. The molecule has 4 aliphatic rings. The highest BCUT2D eigenvalue weighted by Gasteiger charge is 2.52. The van der Waals surface area contributed by atoms with E-state index in [-0.39, 0.29) is 6.10 Å². The van der Waals surface area contributed by atoms with Crippen molar-refractivity contribution in [2.75, 3.05) is 0 Å². The van der Waals surface area contributed by atoms with Gasteiger partial charge in [-0.05, 0) is 68.6 Å². The Morgan fingerprint density at radius 2 is 1.94 bits per heavy atom. The lowest BCUT2D eigenvalue weighted by molar-refractivity contribution is -0.00967. The second kappa shape index (κ2) is 3.96. The first kappa shape index (κ1) is 11.3. The molecule has 0 heterocycles. The van der Waals surface area contributed by atoms with Crippen LogP contribution >= 0.6 is 0 Å². The first-order valence-electron chi connectivity index (χ1n) is 7.77. The highest BCUT2D eigenvalue weighted by molar-refractivity contribution is 5.22. The van der Waals surface area contributed by atoms with E-state index in [9.17, 15) is 5.11 Å². The molecule has 7 atom stereocenters. The van der Waals surface area contributed by atoms with Crippen LogP contribution in [-0.2, 0) is 0 Å². The van der Waals surface area contributed by atoms with Crippen molar-refractivity contribution in [1.29, 1.82) is 0 Å². The van der Waals surface area contributed by atoms with Crippen LogP contribution < -0.4 is 0 Å². The minimum absolute atomic E-state index is 0.0473. The lowest BCUT2D eigenvalue weighted by Crippen LogP contribution is -2.40. The van der Waals surface area contributed by atoms with Gasteiger partial charge >= 0.3 is 0 Å². The van der Waals surface area contributed by atoms with E-state index < -0.39 is 0 Å². The summed E-state index contributed by atoms with van der Waals surface area (Å²) in [5.74, 6) is 4.16. The Bertz CT molecular complexity index is 408. The normalized spacial score (nSPS) is 53.7. The molecule has 4 rings (SSSR count). The molecule has 0 aromatic heterocycles. The van der Waals surface area contributed by atoms with Gasteiger partial charge in [-0.15, -0.1) is 0 Å². The van der Waals surface area contributed by atoms with Crippen molar-refractivity contribution in [3.8, 4) is 0 Å². The molecule has 0 amide bonds. The Morgan fingerprint density at radius 3 is 2.83 bits per heavy atom. The van der Waals surface area contributed by atoms with E-state index in [1.54, 1.807) is 0 Å². The van der Waals surface area contributed by atoms with E-state index in [2.05, 4.69) is 25.2 Å². The van der Waals surface area contributed by atoms with Crippen molar-refractivity contribution in [2.45, 2.75) is 45.1 Å². The summed E-state index contributed by atoms with van der Waals surface area (Å²) in [6.45, 7) is 2.27. The molecule has 1 nitrogen and oxygen atoms in total. The second-order valence-electron chi connectivity index (χ2n) is 7.10. The van der Waals surface area contributed by atoms with Crippen molar-refractivity contribution in [2.24, 2.45) is 35.5 Å². The fourth-order valence-electron chi connectivity index (χ4n) is 5.59. The topological polar surface area (TPSA) is 20.2 Å². The maximum atomic E-state index is 10.9. The Labute approximate surface area is 110 Å². The standard InChI is InChI=1S/C17H24O/c1-10-5-8-14-11-6-7-12(9-11)16(14)17(18)15-4-2-3-13(10)15/h2-3,5,11-18H,4,6-9H2,1H3/t11-,12-,13+,14+,15+,16-,17+/m0/s1. The van der Waals surface area contributed by atoms with Crippen LogP contribution in [0.1, 0.15) is 39.0 Å². The van der Waals surface area contributed by atoms with Crippen LogP contribution in [0.3, 0.4) is 0 Å². The third-order valence-electron chi connectivity index (χ3n) is 6.44. The molecular weight excluding hydrogens is 220 g/mol. The molecule has 18 heavy (non-hydrogen) atoms. The van der Waals surface area contributed by atoms with Gasteiger partial charge in [-0.25, -0.2) is 0 Å². The first-order chi connectivity index (χ1) is 8.75. The number of fused-ring (bicyclic) bond motifs is 6. The smallest absolute Gasteiger partial charge is 0.0613 e. The van der Waals surface area contributed by atoms with Crippen LogP contribution in [0.4, 0.5) is 0 Å². The Kier molecular flexibility index (Phi) is 2.49. The number of aliphatic hydroxyl groups excluding tert-OH is 1. The Hall–Kier alpha value is -0.560. The average molecular weight is 244 g/mol. The van der Waals surface area contributed by atoms with Gasteiger partial charge in [0.15, 0.2) is 0 Å². The fourth-order valence-corrected chi connectivity index (χ4v) is 5.59. The summed E-state index contributed by atoms with van der Waals surface area (Å²) >= 11 is 0. The summed E-state index contributed by atoms with van der Waals surface area (Å²) in [6.07, 6.45) is 13.6. The molecule has 0 aromatic carbocycles. The number of hydrogen-bond donors (Lipinski definition) is 1. The first-order valence-corrected chi connectivity index (χ1v) is 7.77. The van der Waals surface area contributed by atoms with Gasteiger partial charge in [-0.2, -0.15) is 0 Å². The van der Waals surface area contributed by atoms with Gasteiger partial charge in [-0.1, -0.05) is 23.8 Å². The largest absolute Gasteiger partial charge is 0.392 e. The van der Waals surface area contributed by atoms with Crippen LogP contribution in [0.5, 0.6) is 0 Å². The molecule has 0 saturated heterocycles. The zero-order valence-corrected chi connectivity index (χ0v) is 11.3. The molecule has 1 N–H and O–H groups in total. The lowest BCUT2D eigenvalue weighted by atomic mass is 9.67. The maximum absolute atomic E-state index is 10.9. The summed E-state index contributed by atoms with van der Waals surface area (Å²) in [6, 6.07) is 0. The third kappa shape index (κ3) is 1.43. The van der Waals surface area contributed by atoms with Gasteiger partial charge in [0.25, 0.3) is 0 Å². The monoisotopic (exact) mass is 244 g/mol.